The Kier molecular flexibility index (Phi) is 5.99. The van der Waals surface area contributed by atoms with Crippen LogP contribution < -0.4 is 14.8 Å². The van der Waals surface area contributed by atoms with Crippen molar-refractivity contribution in [3.05, 3.63) is 82.4 Å². The smallest absolute Gasteiger partial charge is 0.238 e. The van der Waals surface area contributed by atoms with Crippen LogP contribution in [0.15, 0.2) is 65.6 Å². The minimum atomic E-state index is -3.79. The molecule has 2 N–H and O–H groups in total. The minimum absolute atomic E-state index is 0.00582. The van der Waals surface area contributed by atoms with Crippen molar-refractivity contribution in [2.24, 2.45) is 5.14 Å². The molecule has 3 aromatic carbocycles. The number of sulfonamides is 1. The molecule has 0 unspecified atom stereocenters. The predicted octanol–water partition coefficient (Wildman–Crippen LogP) is 4.92. The van der Waals surface area contributed by atoms with Crippen molar-refractivity contribution in [2.45, 2.75) is 31.1 Å². The number of carbonyl (C=O) groups excluding carboxylic acids is 1. The van der Waals surface area contributed by atoms with E-state index in [0.29, 0.717) is 35.2 Å². The molecule has 0 spiro atoms. The Morgan fingerprint density at radius 1 is 1.00 bits per heavy atom. The van der Waals surface area contributed by atoms with Crippen LogP contribution >= 0.6 is 11.6 Å². The topological polar surface area (TPSA) is 89.7 Å². The van der Waals surface area contributed by atoms with Crippen molar-refractivity contribution >= 4 is 33.2 Å². The molecule has 4 rings (SSSR count). The number of nitrogens with zero attached hydrogens (tertiary/aromatic N) is 1. The third-order valence-electron chi connectivity index (χ3n) is 5.44. The number of rotatable bonds is 5. The Morgan fingerprint density at radius 3 is 2.28 bits per heavy atom. The van der Waals surface area contributed by atoms with Gasteiger partial charge in [-0.25, -0.2) is 13.6 Å². The molecule has 1 heterocycles. The van der Waals surface area contributed by atoms with E-state index in [-0.39, 0.29) is 16.7 Å². The fourth-order valence-corrected chi connectivity index (χ4v) is 4.71. The van der Waals surface area contributed by atoms with Crippen molar-refractivity contribution < 1.29 is 17.9 Å². The average molecular weight is 471 g/mol. The summed E-state index contributed by atoms with van der Waals surface area (Å²) >= 11 is 6.24. The number of hydrogen-bond donors (Lipinski definition) is 1. The van der Waals surface area contributed by atoms with E-state index in [1.165, 1.54) is 12.1 Å². The molecule has 1 aliphatic rings. The van der Waals surface area contributed by atoms with Crippen molar-refractivity contribution in [2.75, 3.05) is 11.4 Å². The second kappa shape index (κ2) is 8.58. The molecule has 1 aliphatic heterocycles. The maximum Gasteiger partial charge on any atom is 0.238 e. The lowest BCUT2D eigenvalue weighted by Gasteiger charge is -2.19. The lowest BCUT2D eigenvalue weighted by molar-refractivity contribution is -0.117. The molecule has 1 amide bonds. The van der Waals surface area contributed by atoms with Gasteiger partial charge in [0, 0.05) is 35.2 Å². The maximum atomic E-state index is 12.8. The van der Waals surface area contributed by atoms with Gasteiger partial charge >= 0.3 is 0 Å². The molecule has 1 fully saturated rings. The molecule has 1 atom stereocenters. The summed E-state index contributed by atoms with van der Waals surface area (Å²) in [7, 11) is -3.79. The number of amides is 1. The van der Waals surface area contributed by atoms with Crippen LogP contribution in [0.5, 0.6) is 11.5 Å². The third-order valence-corrected chi connectivity index (χ3v) is 6.60. The summed E-state index contributed by atoms with van der Waals surface area (Å²) in [5.74, 6) is 1.18. The monoisotopic (exact) mass is 470 g/mol. The van der Waals surface area contributed by atoms with E-state index in [0.717, 1.165) is 16.7 Å². The van der Waals surface area contributed by atoms with Gasteiger partial charge in [-0.05, 0) is 73.5 Å². The summed E-state index contributed by atoms with van der Waals surface area (Å²) in [5.41, 5.74) is 3.70. The fraction of sp³-hybridized carbons (Fsp3) is 0.208. The lowest BCUT2D eigenvalue weighted by atomic mass is 9.97. The van der Waals surface area contributed by atoms with Gasteiger partial charge in [0.05, 0.1) is 4.90 Å². The molecular weight excluding hydrogens is 448 g/mol. The van der Waals surface area contributed by atoms with Gasteiger partial charge < -0.3 is 9.64 Å². The molecular formula is C24H23ClN2O4S. The predicted molar refractivity (Wildman–Crippen MR) is 125 cm³/mol. The summed E-state index contributed by atoms with van der Waals surface area (Å²) in [5, 5.41) is 5.71. The standard InChI is InChI=1S/C24H23ClN2O4S/c1-15-9-16(2)11-20(10-15)31-23-13-18(25)3-8-22(23)17-12-24(28)27(14-17)19-4-6-21(7-5-19)32(26,29)30/h3-11,13,17H,12,14H2,1-2H3,(H2,26,29,30)/t17-/m0/s1. The second-order valence-corrected chi connectivity index (χ2v) is 10.0. The van der Waals surface area contributed by atoms with Crippen LogP contribution in [0, 0.1) is 13.8 Å². The number of aryl methyl sites for hydroxylation is 2. The third kappa shape index (κ3) is 4.80. The number of anilines is 1. The Bertz CT molecular complexity index is 1270. The van der Waals surface area contributed by atoms with Crippen molar-refractivity contribution in [1.82, 2.24) is 0 Å². The molecule has 0 radical (unpaired) electrons. The van der Waals surface area contributed by atoms with Gasteiger partial charge in [0.15, 0.2) is 0 Å². The highest BCUT2D eigenvalue weighted by molar-refractivity contribution is 7.89. The zero-order valence-corrected chi connectivity index (χ0v) is 19.3. The van der Waals surface area contributed by atoms with Gasteiger partial charge in [0.1, 0.15) is 11.5 Å². The van der Waals surface area contributed by atoms with Crippen LogP contribution in [0.25, 0.3) is 0 Å². The van der Waals surface area contributed by atoms with Crippen LogP contribution in [0.3, 0.4) is 0 Å². The highest BCUT2D eigenvalue weighted by Gasteiger charge is 2.33. The molecule has 166 valence electrons. The zero-order valence-electron chi connectivity index (χ0n) is 17.7. The van der Waals surface area contributed by atoms with E-state index < -0.39 is 10.0 Å². The van der Waals surface area contributed by atoms with Crippen LogP contribution in [0.1, 0.15) is 29.0 Å². The Balaban J connectivity index is 1.61. The fourth-order valence-electron chi connectivity index (χ4n) is 4.03. The van der Waals surface area contributed by atoms with Crippen molar-refractivity contribution in [1.29, 1.82) is 0 Å². The van der Waals surface area contributed by atoms with E-state index >= 15 is 0 Å². The highest BCUT2D eigenvalue weighted by Crippen LogP contribution is 2.39. The van der Waals surface area contributed by atoms with E-state index in [1.807, 2.05) is 32.0 Å². The first-order valence-electron chi connectivity index (χ1n) is 10.1. The SMILES string of the molecule is Cc1cc(C)cc(Oc2cc(Cl)ccc2[C@H]2CC(=O)N(c3ccc(S(N)(=O)=O)cc3)C2)c1. The first kappa shape index (κ1) is 22.3. The first-order valence-corrected chi connectivity index (χ1v) is 12.0. The average Bonchev–Trinajstić information content (AvgIpc) is 3.08. The van der Waals surface area contributed by atoms with Gasteiger partial charge in [0.25, 0.3) is 0 Å². The number of carbonyl (C=O) groups is 1. The zero-order chi connectivity index (χ0) is 23.0. The number of hydrogen-bond acceptors (Lipinski definition) is 4. The number of primary sulfonamides is 1. The number of halogens is 1. The van der Waals surface area contributed by atoms with Crippen molar-refractivity contribution in [3.8, 4) is 11.5 Å². The van der Waals surface area contributed by atoms with E-state index in [9.17, 15) is 13.2 Å². The molecule has 1 saturated heterocycles. The Hall–Kier alpha value is -2.87. The molecule has 0 aliphatic carbocycles. The van der Waals surface area contributed by atoms with Crippen LogP contribution in [-0.2, 0) is 14.8 Å². The van der Waals surface area contributed by atoms with Gasteiger partial charge in [-0.1, -0.05) is 23.7 Å². The van der Waals surface area contributed by atoms with Crippen molar-refractivity contribution in [3.63, 3.8) is 0 Å². The summed E-state index contributed by atoms with van der Waals surface area (Å²) < 4.78 is 29.2. The van der Waals surface area contributed by atoms with Gasteiger partial charge in [-0.3, -0.25) is 4.79 Å². The minimum Gasteiger partial charge on any atom is -0.457 e. The molecule has 32 heavy (non-hydrogen) atoms. The highest BCUT2D eigenvalue weighted by atomic mass is 35.5. The van der Waals surface area contributed by atoms with E-state index in [4.69, 9.17) is 21.5 Å². The molecule has 0 bridgehead atoms. The normalized spacial score (nSPS) is 16.4. The molecule has 8 heteroatoms. The van der Waals surface area contributed by atoms with Gasteiger partial charge in [-0.15, -0.1) is 0 Å². The lowest BCUT2D eigenvalue weighted by Crippen LogP contribution is -2.24. The molecule has 3 aromatic rings. The number of benzene rings is 3. The van der Waals surface area contributed by atoms with Crippen LogP contribution in [-0.4, -0.2) is 20.9 Å². The molecule has 0 aromatic heterocycles. The Labute approximate surface area is 192 Å². The summed E-state index contributed by atoms with van der Waals surface area (Å²) in [6, 6.07) is 17.4. The number of nitrogens with two attached hydrogens (primary N) is 1. The van der Waals surface area contributed by atoms with E-state index in [2.05, 4.69) is 6.07 Å². The van der Waals surface area contributed by atoms with Gasteiger partial charge in [-0.2, -0.15) is 0 Å². The summed E-state index contributed by atoms with van der Waals surface area (Å²) in [6.45, 7) is 4.46. The summed E-state index contributed by atoms with van der Waals surface area (Å²) in [4.78, 5) is 14.4. The second-order valence-electron chi connectivity index (χ2n) is 8.05. The maximum absolute atomic E-state index is 12.8. The van der Waals surface area contributed by atoms with E-state index in [1.54, 1.807) is 29.2 Å². The van der Waals surface area contributed by atoms with Gasteiger partial charge in [0.2, 0.25) is 15.9 Å². The number of ether oxygens (including phenoxy) is 1. The quantitative estimate of drug-likeness (QED) is 0.573. The van der Waals surface area contributed by atoms with Crippen LogP contribution in [0.4, 0.5) is 5.69 Å². The molecule has 6 nitrogen and oxygen atoms in total. The Morgan fingerprint density at radius 2 is 1.66 bits per heavy atom. The van der Waals surface area contributed by atoms with Crippen LogP contribution in [0.2, 0.25) is 5.02 Å². The molecule has 0 saturated carbocycles. The largest absolute Gasteiger partial charge is 0.457 e. The summed E-state index contributed by atoms with van der Waals surface area (Å²) in [6.07, 6.45) is 0.307. The first-order chi connectivity index (χ1) is 15.1.